The van der Waals surface area contributed by atoms with Gasteiger partial charge in [0.05, 0.1) is 17.9 Å². The number of anilines is 1. The normalized spacial score (nSPS) is 16.9. The average molecular weight is 486 g/mol. The highest BCUT2D eigenvalue weighted by Crippen LogP contribution is 2.34. The predicted octanol–water partition coefficient (Wildman–Crippen LogP) is 5.04. The van der Waals surface area contributed by atoms with Crippen LogP contribution in [0.5, 0.6) is 5.75 Å². The number of nitrogens with one attached hydrogen (secondary N) is 1. The zero-order valence-corrected chi connectivity index (χ0v) is 19.0. The minimum atomic E-state index is -4.25. The number of hydrogen-bond donors (Lipinski definition) is 2. The number of aromatic nitrogens is 2. The number of nitrogens with zero attached hydrogens (tertiary/aromatic N) is 4. The smallest absolute Gasteiger partial charge is 0.393 e. The minimum absolute atomic E-state index is 0.148. The molecule has 5 rings (SSSR count). The molecule has 1 fully saturated rings. The molecule has 3 aromatic rings. The summed E-state index contributed by atoms with van der Waals surface area (Å²) in [7, 11) is 0. The van der Waals surface area contributed by atoms with Crippen LogP contribution in [0.25, 0.3) is 16.3 Å². The molecule has 0 spiro atoms. The molecule has 176 valence electrons. The second kappa shape index (κ2) is 8.89. The molecule has 1 aliphatic heterocycles. The van der Waals surface area contributed by atoms with E-state index in [-0.39, 0.29) is 16.7 Å². The Morgan fingerprint density at radius 1 is 1.21 bits per heavy atom. The molecule has 6 nitrogen and oxygen atoms in total. The van der Waals surface area contributed by atoms with Crippen LogP contribution in [0.3, 0.4) is 0 Å². The van der Waals surface area contributed by atoms with E-state index in [0.717, 1.165) is 54.0 Å². The van der Waals surface area contributed by atoms with Crippen molar-refractivity contribution in [2.45, 2.75) is 44.4 Å². The molecule has 1 aliphatic carbocycles. The van der Waals surface area contributed by atoms with Crippen LogP contribution in [0.4, 0.5) is 19.0 Å². The summed E-state index contributed by atoms with van der Waals surface area (Å²) in [5.74, 6) is 0.826. The second-order valence-electron chi connectivity index (χ2n) is 8.78. The Morgan fingerprint density at radius 2 is 2.00 bits per heavy atom. The van der Waals surface area contributed by atoms with Crippen molar-refractivity contribution in [3.05, 3.63) is 51.7 Å². The lowest BCUT2D eigenvalue weighted by Gasteiger charge is -2.33. The number of alkyl halides is 3. The molecule has 2 aliphatic rings. The Labute approximate surface area is 198 Å². The monoisotopic (exact) mass is 485 g/mol. The van der Waals surface area contributed by atoms with Gasteiger partial charge in [-0.25, -0.2) is 9.97 Å². The van der Waals surface area contributed by atoms with Crippen molar-refractivity contribution in [1.29, 1.82) is 5.26 Å². The van der Waals surface area contributed by atoms with Gasteiger partial charge in [0.25, 0.3) is 0 Å². The molecule has 1 saturated heterocycles. The first-order chi connectivity index (χ1) is 16.3. The molecule has 34 heavy (non-hydrogen) atoms. The van der Waals surface area contributed by atoms with Crippen LogP contribution in [-0.4, -0.2) is 45.3 Å². The van der Waals surface area contributed by atoms with Crippen molar-refractivity contribution in [3.8, 4) is 11.8 Å². The van der Waals surface area contributed by atoms with E-state index in [1.54, 1.807) is 6.07 Å². The summed E-state index contributed by atoms with van der Waals surface area (Å²) in [6, 6.07) is 7.59. The summed E-state index contributed by atoms with van der Waals surface area (Å²) in [5, 5.41) is 23.6. The maximum absolute atomic E-state index is 12.8. The fourth-order valence-electron chi connectivity index (χ4n) is 4.60. The van der Waals surface area contributed by atoms with Crippen molar-refractivity contribution in [2.75, 3.05) is 18.4 Å². The number of likely N-dealkylation sites (tertiary alicyclic amines) is 1. The highest BCUT2D eigenvalue weighted by atomic mass is 32.1. The molecule has 0 saturated carbocycles. The summed E-state index contributed by atoms with van der Waals surface area (Å²) < 4.78 is 38.3. The van der Waals surface area contributed by atoms with Gasteiger partial charge in [-0.2, -0.15) is 18.4 Å². The number of fused-ring (bicyclic) bond motifs is 2. The Morgan fingerprint density at radius 3 is 2.74 bits per heavy atom. The van der Waals surface area contributed by atoms with Crippen LogP contribution < -0.4 is 5.32 Å². The average Bonchev–Trinajstić information content (AvgIpc) is 3.37. The maximum Gasteiger partial charge on any atom is 0.393 e. The number of allylic oxidation sites excluding steroid dienone is 1. The molecule has 10 heteroatoms. The summed E-state index contributed by atoms with van der Waals surface area (Å²) in [4.78, 5) is 11.5. The summed E-state index contributed by atoms with van der Waals surface area (Å²) in [6.07, 6.45) is 0.294. The third-order valence-electron chi connectivity index (χ3n) is 6.27. The molecule has 2 N–H and O–H groups in total. The summed E-state index contributed by atoms with van der Waals surface area (Å²) in [6.45, 7) is 2.24. The lowest BCUT2D eigenvalue weighted by Crippen LogP contribution is -2.38. The van der Waals surface area contributed by atoms with Crippen molar-refractivity contribution in [1.82, 2.24) is 14.9 Å². The number of rotatable bonds is 5. The van der Waals surface area contributed by atoms with Crippen LogP contribution in [0, 0.1) is 11.3 Å². The number of piperidine rings is 1. The van der Waals surface area contributed by atoms with E-state index in [4.69, 9.17) is 5.26 Å². The molecule has 2 aromatic heterocycles. The Hall–Kier alpha value is -3.16. The predicted molar refractivity (Wildman–Crippen MR) is 124 cm³/mol. The van der Waals surface area contributed by atoms with Crippen LogP contribution in [0.1, 0.15) is 34.4 Å². The largest absolute Gasteiger partial charge is 0.508 e. The van der Waals surface area contributed by atoms with E-state index >= 15 is 0 Å². The lowest BCUT2D eigenvalue weighted by atomic mass is 10.0. The molecule has 0 bridgehead atoms. The number of aromatic hydroxyl groups is 1. The third kappa shape index (κ3) is 4.86. The van der Waals surface area contributed by atoms with Crippen LogP contribution in [-0.2, 0) is 19.4 Å². The van der Waals surface area contributed by atoms with Crippen molar-refractivity contribution in [2.24, 2.45) is 0 Å². The van der Waals surface area contributed by atoms with Crippen molar-refractivity contribution < 1.29 is 18.3 Å². The standard InChI is InChI=1S/C24H22F3N5OS/c25-24(26,27)10-19-9-20-22(29-13-30-23(20)34-19)31-18-1-3-32(4-2-18)12-17-7-15-5-14(11-28)6-16(15)8-21(17)33/h5,7-9,13,18,33H,1-4,6,10,12H2,(H,29,30,31). The molecule has 0 amide bonds. The highest BCUT2D eigenvalue weighted by Gasteiger charge is 2.29. The van der Waals surface area contributed by atoms with Gasteiger partial charge in [0.1, 0.15) is 22.7 Å². The summed E-state index contributed by atoms with van der Waals surface area (Å²) in [5.41, 5.74) is 3.51. The van der Waals surface area contributed by atoms with Gasteiger partial charge in [0, 0.05) is 48.1 Å². The minimum Gasteiger partial charge on any atom is -0.508 e. The number of benzene rings is 1. The van der Waals surface area contributed by atoms with E-state index in [2.05, 4.69) is 26.3 Å². The number of thiophene rings is 1. The van der Waals surface area contributed by atoms with Gasteiger partial charge >= 0.3 is 6.18 Å². The van der Waals surface area contributed by atoms with E-state index in [9.17, 15) is 18.3 Å². The number of phenolic OH excluding ortho intramolecular Hbond substituents is 1. The van der Waals surface area contributed by atoms with E-state index < -0.39 is 12.6 Å². The van der Waals surface area contributed by atoms with Crippen LogP contribution in [0.15, 0.2) is 30.1 Å². The van der Waals surface area contributed by atoms with E-state index in [1.807, 2.05) is 12.1 Å². The summed E-state index contributed by atoms with van der Waals surface area (Å²) >= 11 is 1.05. The first kappa shape index (κ1) is 22.6. The molecular formula is C24H22F3N5OS. The van der Waals surface area contributed by atoms with Gasteiger partial charge < -0.3 is 10.4 Å². The zero-order valence-electron chi connectivity index (χ0n) is 18.2. The van der Waals surface area contributed by atoms with Crippen molar-refractivity contribution >= 4 is 33.4 Å². The first-order valence-electron chi connectivity index (χ1n) is 11.0. The third-order valence-corrected chi connectivity index (χ3v) is 7.32. The quantitative estimate of drug-likeness (QED) is 0.527. The first-order valence-corrected chi connectivity index (χ1v) is 11.8. The van der Waals surface area contributed by atoms with Crippen LogP contribution >= 0.6 is 11.3 Å². The molecule has 3 heterocycles. The Balaban J connectivity index is 1.22. The number of nitriles is 1. The Bertz CT molecular complexity index is 1300. The number of phenols is 1. The fourth-order valence-corrected chi connectivity index (χ4v) is 5.63. The molecule has 1 aromatic carbocycles. The molecule has 0 atom stereocenters. The highest BCUT2D eigenvalue weighted by molar-refractivity contribution is 7.18. The van der Waals surface area contributed by atoms with Crippen molar-refractivity contribution in [3.63, 3.8) is 0 Å². The molecular weight excluding hydrogens is 463 g/mol. The number of halogens is 3. The van der Waals surface area contributed by atoms with E-state index in [0.29, 0.717) is 34.6 Å². The lowest BCUT2D eigenvalue weighted by molar-refractivity contribution is -0.126. The van der Waals surface area contributed by atoms with Gasteiger partial charge in [-0.05, 0) is 48.2 Å². The number of hydrogen-bond acceptors (Lipinski definition) is 7. The van der Waals surface area contributed by atoms with Gasteiger partial charge in [-0.15, -0.1) is 11.3 Å². The van der Waals surface area contributed by atoms with E-state index in [1.165, 1.54) is 12.4 Å². The zero-order chi connectivity index (χ0) is 23.9. The van der Waals surface area contributed by atoms with Gasteiger partial charge in [-0.1, -0.05) is 0 Å². The second-order valence-corrected chi connectivity index (χ2v) is 9.89. The van der Waals surface area contributed by atoms with Gasteiger partial charge in [0.2, 0.25) is 0 Å². The maximum atomic E-state index is 12.8. The molecule has 0 radical (unpaired) electrons. The topological polar surface area (TPSA) is 85.1 Å². The van der Waals surface area contributed by atoms with Crippen LogP contribution in [0.2, 0.25) is 0 Å². The SMILES string of the molecule is N#CC1=Cc2cc(CN3CCC(Nc4ncnc5sc(CC(F)(F)F)cc45)CC3)c(O)cc2C1. The van der Waals surface area contributed by atoms with Gasteiger partial charge in [0.15, 0.2) is 0 Å². The fraction of sp³-hybridized carbons (Fsp3) is 0.375. The van der Waals surface area contributed by atoms with Gasteiger partial charge in [-0.3, -0.25) is 4.90 Å². The Kier molecular flexibility index (Phi) is 5.91. The molecule has 0 unspecified atom stereocenters.